The van der Waals surface area contributed by atoms with E-state index >= 15 is 0 Å². The largest absolute Gasteiger partial charge is 0.368 e. The van der Waals surface area contributed by atoms with Crippen molar-refractivity contribution in [3.63, 3.8) is 0 Å². The number of piperazine rings is 1. The summed E-state index contributed by atoms with van der Waals surface area (Å²) in [7, 11) is 0. The van der Waals surface area contributed by atoms with Crippen molar-refractivity contribution in [2.45, 2.75) is 26.8 Å². The first-order valence-electron chi connectivity index (χ1n) is 7.95. The van der Waals surface area contributed by atoms with Gasteiger partial charge in [-0.05, 0) is 30.2 Å². The molecule has 1 saturated heterocycles. The van der Waals surface area contributed by atoms with Crippen LogP contribution in [0.4, 0.5) is 10.1 Å². The van der Waals surface area contributed by atoms with Crippen molar-refractivity contribution in [1.82, 2.24) is 10.2 Å². The second-order valence-electron chi connectivity index (χ2n) is 6.21. The van der Waals surface area contributed by atoms with Gasteiger partial charge in [-0.1, -0.05) is 13.8 Å². The molecular formula is C17H24FN3O2. The number of nitrogens with zero attached hydrogens (tertiary/aromatic N) is 2. The van der Waals surface area contributed by atoms with Crippen molar-refractivity contribution in [2.75, 3.05) is 31.1 Å². The van der Waals surface area contributed by atoms with Gasteiger partial charge >= 0.3 is 0 Å². The summed E-state index contributed by atoms with van der Waals surface area (Å²) in [6, 6.07) is 5.91. The highest BCUT2D eigenvalue weighted by Crippen LogP contribution is 2.18. The van der Waals surface area contributed by atoms with Gasteiger partial charge in [0, 0.05) is 38.8 Å². The lowest BCUT2D eigenvalue weighted by Gasteiger charge is -2.38. The van der Waals surface area contributed by atoms with Crippen LogP contribution in [0.5, 0.6) is 0 Å². The van der Waals surface area contributed by atoms with Crippen LogP contribution in [0.3, 0.4) is 0 Å². The van der Waals surface area contributed by atoms with E-state index in [9.17, 15) is 14.0 Å². The molecule has 2 amide bonds. The van der Waals surface area contributed by atoms with E-state index in [1.165, 1.54) is 19.1 Å². The molecule has 126 valence electrons. The molecule has 1 atom stereocenters. The number of anilines is 1. The number of rotatable bonds is 4. The monoisotopic (exact) mass is 321 g/mol. The maximum absolute atomic E-state index is 13.0. The van der Waals surface area contributed by atoms with E-state index in [1.807, 2.05) is 13.8 Å². The van der Waals surface area contributed by atoms with Crippen LogP contribution < -0.4 is 10.2 Å². The van der Waals surface area contributed by atoms with Crippen LogP contribution in [0.2, 0.25) is 0 Å². The number of carbonyl (C=O) groups excluding carboxylic acids is 2. The zero-order chi connectivity index (χ0) is 17.0. The van der Waals surface area contributed by atoms with E-state index in [-0.39, 0.29) is 23.5 Å². The Bertz CT molecular complexity index is 551. The van der Waals surface area contributed by atoms with Crippen molar-refractivity contribution in [3.05, 3.63) is 30.1 Å². The van der Waals surface area contributed by atoms with Crippen LogP contribution in [-0.2, 0) is 9.59 Å². The van der Waals surface area contributed by atoms with E-state index in [1.54, 1.807) is 17.0 Å². The summed E-state index contributed by atoms with van der Waals surface area (Å²) in [6.07, 6.45) is 0. The average Bonchev–Trinajstić information content (AvgIpc) is 2.52. The second-order valence-corrected chi connectivity index (χ2v) is 6.21. The van der Waals surface area contributed by atoms with Gasteiger partial charge in [-0.3, -0.25) is 9.59 Å². The molecule has 0 radical (unpaired) electrons. The van der Waals surface area contributed by atoms with Gasteiger partial charge in [0.25, 0.3) is 0 Å². The Kier molecular flexibility index (Phi) is 5.58. The lowest BCUT2D eigenvalue weighted by Crippen LogP contribution is -2.56. The Morgan fingerprint density at radius 2 is 1.65 bits per heavy atom. The van der Waals surface area contributed by atoms with Crippen LogP contribution in [0.15, 0.2) is 24.3 Å². The minimum Gasteiger partial charge on any atom is -0.368 e. The Morgan fingerprint density at radius 3 is 2.13 bits per heavy atom. The molecule has 6 heteroatoms. The summed E-state index contributed by atoms with van der Waals surface area (Å²) in [5.41, 5.74) is 0.959. The third-order valence-electron chi connectivity index (χ3n) is 4.07. The molecule has 5 nitrogen and oxygen atoms in total. The number of halogens is 1. The standard InChI is InChI=1S/C17H24FN3O2/c1-12(2)16(19-13(3)22)17(23)21-10-8-20(9-11-21)15-6-4-14(18)5-7-15/h4-7,12,16H,8-11H2,1-3H3,(H,19,22). The zero-order valence-corrected chi connectivity index (χ0v) is 13.9. The Hall–Kier alpha value is -2.11. The fraction of sp³-hybridized carbons (Fsp3) is 0.529. The summed E-state index contributed by atoms with van der Waals surface area (Å²) in [5, 5.41) is 2.74. The van der Waals surface area contributed by atoms with Crippen LogP contribution >= 0.6 is 0 Å². The third kappa shape index (κ3) is 4.43. The molecule has 0 aliphatic carbocycles. The molecule has 0 saturated carbocycles. The molecule has 0 bridgehead atoms. The molecule has 1 unspecified atom stereocenters. The molecule has 2 rings (SSSR count). The summed E-state index contributed by atoms with van der Waals surface area (Å²) < 4.78 is 13.0. The first-order valence-corrected chi connectivity index (χ1v) is 7.95. The third-order valence-corrected chi connectivity index (χ3v) is 4.07. The fourth-order valence-electron chi connectivity index (χ4n) is 2.77. The van der Waals surface area contributed by atoms with Gasteiger partial charge in [0.05, 0.1) is 0 Å². The van der Waals surface area contributed by atoms with Crippen LogP contribution in [0.1, 0.15) is 20.8 Å². The molecular weight excluding hydrogens is 297 g/mol. The summed E-state index contributed by atoms with van der Waals surface area (Å²) in [4.78, 5) is 27.8. The molecule has 1 aliphatic heterocycles. The van der Waals surface area contributed by atoms with Gasteiger partial charge in [-0.2, -0.15) is 0 Å². The summed E-state index contributed by atoms with van der Waals surface area (Å²) in [6.45, 7) is 7.86. The minimum atomic E-state index is -0.482. The number of benzene rings is 1. The summed E-state index contributed by atoms with van der Waals surface area (Å²) >= 11 is 0. The number of nitrogens with one attached hydrogen (secondary N) is 1. The number of carbonyl (C=O) groups is 2. The molecule has 1 fully saturated rings. The van der Waals surface area contributed by atoms with Crippen molar-refractivity contribution in [2.24, 2.45) is 5.92 Å². The van der Waals surface area contributed by atoms with Gasteiger partial charge in [0.1, 0.15) is 11.9 Å². The molecule has 0 spiro atoms. The maximum Gasteiger partial charge on any atom is 0.245 e. The van der Waals surface area contributed by atoms with Crippen molar-refractivity contribution in [1.29, 1.82) is 0 Å². The van der Waals surface area contributed by atoms with E-state index in [2.05, 4.69) is 10.2 Å². The Labute approximate surface area is 136 Å². The normalized spacial score (nSPS) is 16.4. The second kappa shape index (κ2) is 7.44. The van der Waals surface area contributed by atoms with E-state index in [0.717, 1.165) is 5.69 Å². The summed E-state index contributed by atoms with van der Waals surface area (Å²) in [5.74, 6) is -0.435. The van der Waals surface area contributed by atoms with E-state index in [0.29, 0.717) is 26.2 Å². The molecule has 1 aromatic rings. The predicted molar refractivity (Wildman–Crippen MR) is 87.6 cm³/mol. The van der Waals surface area contributed by atoms with Crippen molar-refractivity contribution >= 4 is 17.5 Å². The van der Waals surface area contributed by atoms with Crippen LogP contribution in [0.25, 0.3) is 0 Å². The van der Waals surface area contributed by atoms with Gasteiger partial charge in [0.15, 0.2) is 0 Å². The smallest absolute Gasteiger partial charge is 0.245 e. The highest BCUT2D eigenvalue weighted by atomic mass is 19.1. The number of amides is 2. The highest BCUT2D eigenvalue weighted by molar-refractivity contribution is 5.87. The number of hydrogen-bond acceptors (Lipinski definition) is 3. The van der Waals surface area contributed by atoms with Gasteiger partial charge in [-0.25, -0.2) is 4.39 Å². The molecule has 1 heterocycles. The molecule has 1 aliphatic rings. The first kappa shape index (κ1) is 17.2. The van der Waals surface area contributed by atoms with Crippen molar-refractivity contribution in [3.8, 4) is 0 Å². The minimum absolute atomic E-state index is 0.0334. The highest BCUT2D eigenvalue weighted by Gasteiger charge is 2.30. The van der Waals surface area contributed by atoms with Gasteiger partial charge in [0.2, 0.25) is 11.8 Å². The molecule has 1 N–H and O–H groups in total. The van der Waals surface area contributed by atoms with Crippen LogP contribution in [-0.4, -0.2) is 48.9 Å². The molecule has 1 aromatic carbocycles. The fourth-order valence-corrected chi connectivity index (χ4v) is 2.77. The first-order chi connectivity index (χ1) is 10.9. The number of hydrogen-bond donors (Lipinski definition) is 1. The Balaban J connectivity index is 1.96. The topological polar surface area (TPSA) is 52.7 Å². The van der Waals surface area contributed by atoms with Crippen molar-refractivity contribution < 1.29 is 14.0 Å². The predicted octanol–water partition coefficient (Wildman–Crippen LogP) is 1.64. The molecule has 0 aromatic heterocycles. The quantitative estimate of drug-likeness (QED) is 0.917. The zero-order valence-electron chi connectivity index (χ0n) is 13.9. The van der Waals surface area contributed by atoms with E-state index < -0.39 is 6.04 Å². The van der Waals surface area contributed by atoms with Crippen LogP contribution in [0, 0.1) is 11.7 Å². The lowest BCUT2D eigenvalue weighted by atomic mass is 10.0. The van der Waals surface area contributed by atoms with E-state index in [4.69, 9.17) is 0 Å². The Morgan fingerprint density at radius 1 is 1.09 bits per heavy atom. The SMILES string of the molecule is CC(=O)NC(C(=O)N1CCN(c2ccc(F)cc2)CC1)C(C)C. The average molecular weight is 321 g/mol. The maximum atomic E-state index is 13.0. The molecule has 23 heavy (non-hydrogen) atoms. The van der Waals surface area contributed by atoms with Gasteiger partial charge in [-0.15, -0.1) is 0 Å². The lowest BCUT2D eigenvalue weighted by molar-refractivity contribution is -0.137. The van der Waals surface area contributed by atoms with Gasteiger partial charge < -0.3 is 15.1 Å².